The van der Waals surface area contributed by atoms with Crippen molar-refractivity contribution >= 4 is 17.4 Å². The van der Waals surface area contributed by atoms with Gasteiger partial charge in [-0.2, -0.15) is 0 Å². The minimum atomic E-state index is 0.0372. The first kappa shape index (κ1) is 13.7. The molecule has 0 saturated heterocycles. The molecule has 0 radical (unpaired) electrons. The van der Waals surface area contributed by atoms with E-state index in [1.165, 1.54) is 31.4 Å². The summed E-state index contributed by atoms with van der Waals surface area (Å²) in [7, 11) is 0. The summed E-state index contributed by atoms with van der Waals surface area (Å²) >= 11 is 5.66. The Labute approximate surface area is 114 Å². The average Bonchev–Trinajstić information content (AvgIpc) is 2.59. The Balaban J connectivity index is 2.28. The third-order valence-electron chi connectivity index (χ3n) is 4.65. The van der Waals surface area contributed by atoms with Crippen molar-refractivity contribution in [3.63, 3.8) is 0 Å². The molecule has 0 amide bonds. The van der Waals surface area contributed by atoms with Crippen LogP contribution < -0.4 is 0 Å². The number of rotatable bonds is 5. The molecule has 1 aromatic rings. The predicted octanol–water partition coefficient (Wildman–Crippen LogP) is 4.11. The lowest BCUT2D eigenvalue weighted by molar-refractivity contribution is 0.0978. The van der Waals surface area contributed by atoms with E-state index >= 15 is 0 Å². The van der Waals surface area contributed by atoms with Crippen molar-refractivity contribution in [1.82, 2.24) is 4.57 Å². The van der Waals surface area contributed by atoms with Crippen LogP contribution in [0.4, 0.5) is 0 Å². The highest BCUT2D eigenvalue weighted by Gasteiger charge is 2.36. The van der Waals surface area contributed by atoms with E-state index in [0.717, 1.165) is 17.8 Å². The summed E-state index contributed by atoms with van der Waals surface area (Å²) in [5.41, 5.74) is 3.53. The summed E-state index contributed by atoms with van der Waals surface area (Å²) in [5.74, 6) is 0.110. The second-order valence-corrected chi connectivity index (χ2v) is 5.90. The first-order valence-electron chi connectivity index (χ1n) is 6.79. The molecule has 1 saturated carbocycles. The number of carbonyl (C=O) groups is 1. The molecule has 18 heavy (non-hydrogen) atoms. The maximum Gasteiger partial charge on any atom is 0.179 e. The number of nitrogens with zero attached hydrogens (tertiary/aromatic N) is 1. The molecule has 0 bridgehead atoms. The maximum atomic E-state index is 11.8. The molecular formula is C15H22ClNO. The SMILES string of the molecule is CCC1(Cn2c(C)cc(C(=O)CCl)c2C)CCC1. The van der Waals surface area contributed by atoms with Crippen LogP contribution in [-0.2, 0) is 6.54 Å². The first-order valence-corrected chi connectivity index (χ1v) is 7.32. The molecule has 3 heteroatoms. The predicted molar refractivity (Wildman–Crippen MR) is 75.5 cm³/mol. The molecule has 0 atom stereocenters. The molecule has 1 aliphatic rings. The van der Waals surface area contributed by atoms with Gasteiger partial charge in [0, 0.05) is 23.5 Å². The highest BCUT2D eigenvalue weighted by atomic mass is 35.5. The highest BCUT2D eigenvalue weighted by Crippen LogP contribution is 2.45. The van der Waals surface area contributed by atoms with Crippen LogP contribution in [0.25, 0.3) is 0 Å². The standard InChI is InChI=1S/C15H22ClNO/c1-4-15(6-5-7-15)10-17-11(2)8-13(12(17)3)14(18)9-16/h8H,4-7,9-10H2,1-3H3. The Bertz CT molecular complexity index is 452. The van der Waals surface area contributed by atoms with Crippen molar-refractivity contribution < 1.29 is 4.79 Å². The van der Waals surface area contributed by atoms with Gasteiger partial charge in [-0.1, -0.05) is 13.3 Å². The largest absolute Gasteiger partial charge is 0.348 e. The fraction of sp³-hybridized carbons (Fsp3) is 0.667. The Morgan fingerprint density at radius 2 is 2.11 bits per heavy atom. The quantitative estimate of drug-likeness (QED) is 0.581. The summed E-state index contributed by atoms with van der Waals surface area (Å²) in [5, 5.41) is 0. The zero-order valence-corrected chi connectivity index (χ0v) is 12.3. The number of aromatic nitrogens is 1. The van der Waals surface area contributed by atoms with Crippen LogP contribution in [0, 0.1) is 19.3 Å². The van der Waals surface area contributed by atoms with Crippen molar-refractivity contribution in [2.75, 3.05) is 5.88 Å². The van der Waals surface area contributed by atoms with Crippen molar-refractivity contribution in [3.8, 4) is 0 Å². The number of ketones is 1. The number of carbonyl (C=O) groups excluding carboxylic acids is 1. The van der Waals surface area contributed by atoms with E-state index in [4.69, 9.17) is 11.6 Å². The van der Waals surface area contributed by atoms with Gasteiger partial charge in [0.2, 0.25) is 0 Å². The monoisotopic (exact) mass is 267 g/mol. The second kappa shape index (κ2) is 5.08. The summed E-state index contributed by atoms with van der Waals surface area (Å²) in [6.45, 7) is 7.45. The van der Waals surface area contributed by atoms with Crippen LogP contribution >= 0.6 is 11.6 Å². The fourth-order valence-electron chi connectivity index (χ4n) is 3.03. The van der Waals surface area contributed by atoms with Gasteiger partial charge in [-0.25, -0.2) is 0 Å². The summed E-state index contributed by atoms with van der Waals surface area (Å²) in [4.78, 5) is 11.8. The number of hydrogen-bond acceptors (Lipinski definition) is 1. The number of alkyl halides is 1. The van der Waals surface area contributed by atoms with Gasteiger partial charge in [-0.05, 0) is 44.6 Å². The van der Waals surface area contributed by atoms with Gasteiger partial charge >= 0.3 is 0 Å². The summed E-state index contributed by atoms with van der Waals surface area (Å²) in [6, 6.07) is 1.99. The van der Waals surface area contributed by atoms with Crippen molar-refractivity contribution in [2.45, 2.75) is 53.0 Å². The molecule has 0 spiro atoms. The first-order chi connectivity index (χ1) is 8.53. The van der Waals surface area contributed by atoms with Crippen molar-refractivity contribution in [2.24, 2.45) is 5.41 Å². The molecule has 1 aliphatic carbocycles. The molecule has 1 fully saturated rings. The van der Waals surface area contributed by atoms with Gasteiger partial charge in [0.15, 0.2) is 5.78 Å². The van der Waals surface area contributed by atoms with E-state index in [1.807, 2.05) is 13.0 Å². The van der Waals surface area contributed by atoms with Gasteiger partial charge in [-0.3, -0.25) is 4.79 Å². The zero-order valence-electron chi connectivity index (χ0n) is 11.6. The summed E-state index contributed by atoms with van der Waals surface area (Å²) in [6.07, 6.45) is 5.21. The maximum absolute atomic E-state index is 11.8. The molecule has 2 nitrogen and oxygen atoms in total. The molecule has 0 N–H and O–H groups in total. The van der Waals surface area contributed by atoms with Crippen LogP contribution in [-0.4, -0.2) is 16.2 Å². The Morgan fingerprint density at radius 1 is 1.44 bits per heavy atom. The number of aryl methyl sites for hydroxylation is 1. The van der Waals surface area contributed by atoms with E-state index in [2.05, 4.69) is 18.4 Å². The minimum Gasteiger partial charge on any atom is -0.348 e. The lowest BCUT2D eigenvalue weighted by atomic mass is 9.67. The molecule has 0 aromatic carbocycles. The lowest BCUT2D eigenvalue weighted by Gasteiger charge is -2.42. The molecule has 0 aliphatic heterocycles. The van der Waals surface area contributed by atoms with Gasteiger partial charge in [0.25, 0.3) is 0 Å². The molecular weight excluding hydrogens is 246 g/mol. The number of hydrogen-bond donors (Lipinski definition) is 0. The Kier molecular flexibility index (Phi) is 3.86. The van der Waals surface area contributed by atoms with E-state index in [0.29, 0.717) is 5.41 Å². The number of halogens is 1. The van der Waals surface area contributed by atoms with E-state index in [1.54, 1.807) is 0 Å². The van der Waals surface area contributed by atoms with E-state index in [9.17, 15) is 4.79 Å². The normalized spacial score (nSPS) is 17.6. The molecule has 0 unspecified atom stereocenters. The van der Waals surface area contributed by atoms with Gasteiger partial charge < -0.3 is 4.57 Å². The van der Waals surface area contributed by atoms with E-state index in [-0.39, 0.29) is 11.7 Å². The van der Waals surface area contributed by atoms with Gasteiger partial charge in [-0.15, -0.1) is 11.6 Å². The third-order valence-corrected chi connectivity index (χ3v) is 4.90. The fourth-order valence-corrected chi connectivity index (χ4v) is 3.18. The highest BCUT2D eigenvalue weighted by molar-refractivity contribution is 6.30. The Hall–Kier alpha value is -0.760. The van der Waals surface area contributed by atoms with Crippen LogP contribution in [0.5, 0.6) is 0 Å². The average molecular weight is 268 g/mol. The molecule has 1 aromatic heterocycles. The topological polar surface area (TPSA) is 22.0 Å². The van der Waals surface area contributed by atoms with Gasteiger partial charge in [0.05, 0.1) is 5.88 Å². The molecule has 100 valence electrons. The second-order valence-electron chi connectivity index (χ2n) is 5.63. The van der Waals surface area contributed by atoms with Crippen molar-refractivity contribution in [3.05, 3.63) is 23.0 Å². The number of Topliss-reactive ketones (excluding diaryl/α,β-unsaturated/α-hetero) is 1. The van der Waals surface area contributed by atoms with Gasteiger partial charge in [0.1, 0.15) is 0 Å². The van der Waals surface area contributed by atoms with Crippen molar-refractivity contribution in [1.29, 1.82) is 0 Å². The Morgan fingerprint density at radius 3 is 2.56 bits per heavy atom. The molecule has 2 rings (SSSR count). The van der Waals surface area contributed by atoms with Crippen LogP contribution in [0.2, 0.25) is 0 Å². The third kappa shape index (κ3) is 2.23. The zero-order chi connectivity index (χ0) is 13.3. The smallest absolute Gasteiger partial charge is 0.179 e. The van der Waals surface area contributed by atoms with Crippen LogP contribution in [0.3, 0.4) is 0 Å². The molecule has 1 heterocycles. The minimum absolute atomic E-state index is 0.0372. The summed E-state index contributed by atoms with van der Waals surface area (Å²) < 4.78 is 2.31. The van der Waals surface area contributed by atoms with E-state index < -0.39 is 0 Å². The van der Waals surface area contributed by atoms with Crippen LogP contribution in [0.15, 0.2) is 6.07 Å². The lowest BCUT2D eigenvalue weighted by Crippen LogP contribution is -2.34. The van der Waals surface area contributed by atoms with Crippen LogP contribution in [0.1, 0.15) is 54.4 Å².